The van der Waals surface area contributed by atoms with E-state index in [1.807, 2.05) is 19.1 Å². The number of fused-ring (bicyclic) bond motifs is 1. The number of halogens is 1. The Morgan fingerprint density at radius 3 is 2.87 bits per heavy atom. The van der Waals surface area contributed by atoms with Crippen molar-refractivity contribution in [2.45, 2.75) is 13.3 Å². The van der Waals surface area contributed by atoms with Crippen LogP contribution in [0.25, 0.3) is 10.9 Å². The molecular formula is C12H13BrN2. The van der Waals surface area contributed by atoms with Crippen LogP contribution in [0.15, 0.2) is 28.7 Å². The molecule has 0 unspecified atom stereocenters. The minimum atomic E-state index is 0.669. The van der Waals surface area contributed by atoms with Gasteiger partial charge in [0, 0.05) is 15.6 Å². The van der Waals surface area contributed by atoms with E-state index in [9.17, 15) is 0 Å². The molecule has 0 aliphatic carbocycles. The van der Waals surface area contributed by atoms with Gasteiger partial charge in [-0.15, -0.1) is 0 Å². The number of hydrogen-bond acceptors (Lipinski definition) is 2. The summed E-state index contributed by atoms with van der Waals surface area (Å²) in [4.78, 5) is 4.56. The molecule has 2 aromatic rings. The number of aromatic nitrogens is 1. The summed E-state index contributed by atoms with van der Waals surface area (Å²) in [6.45, 7) is 2.70. The lowest BCUT2D eigenvalue weighted by Gasteiger charge is -2.06. The highest BCUT2D eigenvalue weighted by Gasteiger charge is 2.02. The van der Waals surface area contributed by atoms with Gasteiger partial charge >= 0.3 is 0 Å². The summed E-state index contributed by atoms with van der Waals surface area (Å²) < 4.78 is 1.08. The van der Waals surface area contributed by atoms with E-state index in [-0.39, 0.29) is 0 Å². The summed E-state index contributed by atoms with van der Waals surface area (Å²) in [6.07, 6.45) is 0.890. The summed E-state index contributed by atoms with van der Waals surface area (Å²) in [5.41, 5.74) is 8.92. The molecule has 2 N–H and O–H groups in total. The Bertz CT molecular complexity index is 494. The largest absolute Gasteiger partial charge is 0.330 e. The van der Waals surface area contributed by atoms with Crippen LogP contribution in [0.2, 0.25) is 0 Å². The molecule has 15 heavy (non-hydrogen) atoms. The zero-order valence-electron chi connectivity index (χ0n) is 8.63. The smallest absolute Gasteiger partial charge is 0.0706 e. The molecule has 2 rings (SSSR count). The van der Waals surface area contributed by atoms with Crippen LogP contribution in [0, 0.1) is 6.92 Å². The number of nitrogens with zero attached hydrogens (tertiary/aromatic N) is 1. The van der Waals surface area contributed by atoms with Gasteiger partial charge in [-0.25, -0.2) is 0 Å². The second-order valence-electron chi connectivity index (χ2n) is 3.61. The molecule has 0 aliphatic rings. The van der Waals surface area contributed by atoms with Gasteiger partial charge in [0.05, 0.1) is 5.52 Å². The van der Waals surface area contributed by atoms with Crippen LogP contribution in [0.1, 0.15) is 11.3 Å². The van der Waals surface area contributed by atoms with Gasteiger partial charge in [0.25, 0.3) is 0 Å². The van der Waals surface area contributed by atoms with Gasteiger partial charge in [-0.3, -0.25) is 4.98 Å². The van der Waals surface area contributed by atoms with E-state index in [4.69, 9.17) is 5.73 Å². The van der Waals surface area contributed by atoms with Crippen LogP contribution < -0.4 is 5.73 Å². The maximum atomic E-state index is 5.57. The number of aryl methyl sites for hydroxylation is 1. The predicted octanol–water partition coefficient (Wildman–Crippen LogP) is 2.81. The van der Waals surface area contributed by atoms with Crippen LogP contribution >= 0.6 is 15.9 Å². The van der Waals surface area contributed by atoms with Crippen molar-refractivity contribution in [3.8, 4) is 0 Å². The zero-order valence-corrected chi connectivity index (χ0v) is 10.2. The minimum absolute atomic E-state index is 0.669. The van der Waals surface area contributed by atoms with Crippen LogP contribution in [-0.4, -0.2) is 11.5 Å². The molecule has 0 saturated carbocycles. The van der Waals surface area contributed by atoms with E-state index in [2.05, 4.69) is 33.0 Å². The van der Waals surface area contributed by atoms with Crippen LogP contribution in [0.5, 0.6) is 0 Å². The van der Waals surface area contributed by atoms with E-state index in [1.165, 1.54) is 10.9 Å². The second-order valence-corrected chi connectivity index (χ2v) is 4.52. The molecule has 0 aliphatic heterocycles. The normalized spacial score (nSPS) is 10.9. The molecule has 1 heterocycles. The maximum Gasteiger partial charge on any atom is 0.0706 e. The lowest BCUT2D eigenvalue weighted by molar-refractivity contribution is 0.946. The summed E-state index contributed by atoms with van der Waals surface area (Å²) in [5.74, 6) is 0. The Hall–Kier alpha value is -0.930. The highest BCUT2D eigenvalue weighted by Crippen LogP contribution is 2.21. The van der Waals surface area contributed by atoms with E-state index >= 15 is 0 Å². The quantitative estimate of drug-likeness (QED) is 0.906. The first kappa shape index (κ1) is 10.6. The first-order valence-electron chi connectivity index (χ1n) is 4.96. The van der Waals surface area contributed by atoms with Crippen molar-refractivity contribution in [2.75, 3.05) is 6.54 Å². The third-order valence-corrected chi connectivity index (χ3v) is 2.98. The average Bonchev–Trinajstić information content (AvgIpc) is 2.20. The third kappa shape index (κ3) is 2.19. The summed E-state index contributed by atoms with van der Waals surface area (Å²) in [7, 11) is 0. The third-order valence-electron chi connectivity index (χ3n) is 2.49. The van der Waals surface area contributed by atoms with Crippen molar-refractivity contribution < 1.29 is 0 Å². The molecular weight excluding hydrogens is 252 g/mol. The Balaban J connectivity index is 2.61. The molecule has 0 spiro atoms. The van der Waals surface area contributed by atoms with Gasteiger partial charge in [-0.1, -0.05) is 15.9 Å². The van der Waals surface area contributed by atoms with Crippen LogP contribution in [0.4, 0.5) is 0 Å². The van der Waals surface area contributed by atoms with E-state index in [0.29, 0.717) is 6.54 Å². The fourth-order valence-corrected chi connectivity index (χ4v) is 2.07. The van der Waals surface area contributed by atoms with Crippen molar-refractivity contribution >= 4 is 26.8 Å². The standard InChI is InChI=1S/C12H13BrN2/c1-8-9(4-5-14)6-10-7-11(13)2-3-12(10)15-8/h2-3,6-7H,4-5,14H2,1H3. The first-order valence-corrected chi connectivity index (χ1v) is 5.76. The molecule has 2 nitrogen and oxygen atoms in total. The Labute approximate surface area is 97.6 Å². The molecule has 1 aromatic carbocycles. The lowest BCUT2D eigenvalue weighted by atomic mass is 10.1. The average molecular weight is 265 g/mol. The SMILES string of the molecule is Cc1nc2ccc(Br)cc2cc1CCN. The molecule has 1 aromatic heterocycles. The number of hydrogen-bond donors (Lipinski definition) is 1. The van der Waals surface area contributed by atoms with Gasteiger partial charge in [-0.2, -0.15) is 0 Å². The number of rotatable bonds is 2. The summed E-state index contributed by atoms with van der Waals surface area (Å²) in [6, 6.07) is 8.30. The molecule has 0 bridgehead atoms. The van der Waals surface area contributed by atoms with Crippen LogP contribution in [0.3, 0.4) is 0 Å². The highest BCUT2D eigenvalue weighted by molar-refractivity contribution is 9.10. The summed E-state index contributed by atoms with van der Waals surface area (Å²) in [5, 5.41) is 1.17. The van der Waals surface area contributed by atoms with E-state index < -0.39 is 0 Å². The van der Waals surface area contributed by atoms with Crippen molar-refractivity contribution in [1.82, 2.24) is 4.98 Å². The fraction of sp³-hybridized carbons (Fsp3) is 0.250. The van der Waals surface area contributed by atoms with Crippen molar-refractivity contribution in [1.29, 1.82) is 0 Å². The zero-order chi connectivity index (χ0) is 10.8. The van der Waals surface area contributed by atoms with E-state index in [1.54, 1.807) is 0 Å². The Morgan fingerprint density at radius 2 is 2.13 bits per heavy atom. The molecule has 0 saturated heterocycles. The Morgan fingerprint density at radius 1 is 1.33 bits per heavy atom. The van der Waals surface area contributed by atoms with Gasteiger partial charge < -0.3 is 5.73 Å². The first-order chi connectivity index (χ1) is 7.20. The molecule has 78 valence electrons. The van der Waals surface area contributed by atoms with Gasteiger partial charge in [0.2, 0.25) is 0 Å². The monoisotopic (exact) mass is 264 g/mol. The van der Waals surface area contributed by atoms with Crippen molar-refractivity contribution in [2.24, 2.45) is 5.73 Å². The molecule has 0 atom stereocenters. The van der Waals surface area contributed by atoms with Crippen LogP contribution in [-0.2, 0) is 6.42 Å². The molecule has 0 radical (unpaired) electrons. The number of nitrogens with two attached hydrogens (primary N) is 1. The number of pyridine rings is 1. The molecule has 0 amide bonds. The van der Waals surface area contributed by atoms with Crippen molar-refractivity contribution in [3.63, 3.8) is 0 Å². The fourth-order valence-electron chi connectivity index (χ4n) is 1.70. The minimum Gasteiger partial charge on any atom is -0.330 e. The van der Waals surface area contributed by atoms with Gasteiger partial charge in [0.1, 0.15) is 0 Å². The number of benzene rings is 1. The van der Waals surface area contributed by atoms with Gasteiger partial charge in [0.15, 0.2) is 0 Å². The molecule has 0 fully saturated rings. The molecule has 3 heteroatoms. The summed E-state index contributed by atoms with van der Waals surface area (Å²) >= 11 is 3.46. The lowest BCUT2D eigenvalue weighted by Crippen LogP contribution is -2.05. The highest BCUT2D eigenvalue weighted by atomic mass is 79.9. The Kier molecular flexibility index (Phi) is 3.03. The van der Waals surface area contributed by atoms with E-state index in [0.717, 1.165) is 22.1 Å². The van der Waals surface area contributed by atoms with Gasteiger partial charge in [-0.05, 0) is 49.7 Å². The topological polar surface area (TPSA) is 38.9 Å². The predicted molar refractivity (Wildman–Crippen MR) is 66.9 cm³/mol. The second kappa shape index (κ2) is 4.29. The van der Waals surface area contributed by atoms with Crippen molar-refractivity contribution in [3.05, 3.63) is 40.0 Å². The maximum absolute atomic E-state index is 5.57.